The van der Waals surface area contributed by atoms with E-state index in [-0.39, 0.29) is 11.6 Å². The topological polar surface area (TPSA) is 29.5 Å². The third-order valence-electron chi connectivity index (χ3n) is 3.03. The van der Waals surface area contributed by atoms with Crippen LogP contribution in [0.25, 0.3) is 0 Å². The Kier molecular flexibility index (Phi) is 4.63. The van der Waals surface area contributed by atoms with Crippen LogP contribution in [-0.2, 0) is 6.61 Å². The first-order chi connectivity index (χ1) is 9.49. The largest absolute Gasteiger partial charge is 0.488 e. The van der Waals surface area contributed by atoms with Gasteiger partial charge in [0.1, 0.15) is 18.2 Å². The molecule has 0 saturated heterocycles. The van der Waals surface area contributed by atoms with Gasteiger partial charge >= 0.3 is 0 Å². The fourth-order valence-electron chi connectivity index (χ4n) is 1.93. The Balaban J connectivity index is 2.22. The molecule has 1 N–H and O–H groups in total. The normalized spacial score (nSPS) is 12.2. The van der Waals surface area contributed by atoms with Gasteiger partial charge in [0, 0.05) is 11.1 Å². The lowest BCUT2D eigenvalue weighted by Gasteiger charge is -2.14. The van der Waals surface area contributed by atoms with Crippen molar-refractivity contribution in [3.8, 4) is 5.75 Å². The number of hydrogen-bond donors (Lipinski definition) is 1. The first-order valence-electron chi connectivity index (χ1n) is 6.33. The molecule has 0 fully saturated rings. The van der Waals surface area contributed by atoms with Crippen LogP contribution in [-0.4, -0.2) is 5.11 Å². The van der Waals surface area contributed by atoms with E-state index in [2.05, 4.69) is 0 Å². The number of aliphatic hydroxyl groups excluding tert-OH is 1. The van der Waals surface area contributed by atoms with Crippen molar-refractivity contribution in [3.05, 3.63) is 63.9 Å². The predicted octanol–water partition coefficient (Wildman–Crippen LogP) is 4.42. The summed E-state index contributed by atoms with van der Waals surface area (Å²) in [5, 5.41) is 9.79. The van der Waals surface area contributed by atoms with E-state index >= 15 is 0 Å². The molecule has 4 heteroatoms. The van der Waals surface area contributed by atoms with E-state index in [0.29, 0.717) is 16.9 Å². The Hall–Kier alpha value is -1.58. The molecule has 2 aromatic rings. The summed E-state index contributed by atoms with van der Waals surface area (Å²) >= 11 is 5.73. The van der Waals surface area contributed by atoms with E-state index in [1.54, 1.807) is 19.1 Å². The van der Waals surface area contributed by atoms with E-state index < -0.39 is 11.9 Å². The molecule has 0 aliphatic carbocycles. The van der Waals surface area contributed by atoms with Crippen molar-refractivity contribution in [3.63, 3.8) is 0 Å². The molecule has 20 heavy (non-hydrogen) atoms. The van der Waals surface area contributed by atoms with E-state index in [1.807, 2.05) is 25.1 Å². The molecule has 2 aromatic carbocycles. The SMILES string of the molecule is Cc1ccc(C(C)O)c(OCc2cccc(Cl)c2F)c1. The van der Waals surface area contributed by atoms with Gasteiger partial charge in [-0.1, -0.05) is 35.9 Å². The van der Waals surface area contributed by atoms with Crippen molar-refractivity contribution < 1.29 is 14.2 Å². The first-order valence-corrected chi connectivity index (χ1v) is 6.71. The lowest BCUT2D eigenvalue weighted by atomic mass is 10.1. The summed E-state index contributed by atoms with van der Waals surface area (Å²) in [5.74, 6) is 0.0831. The summed E-state index contributed by atoms with van der Waals surface area (Å²) in [6.07, 6.45) is -0.644. The zero-order chi connectivity index (χ0) is 14.7. The van der Waals surface area contributed by atoms with Crippen LogP contribution < -0.4 is 4.74 Å². The summed E-state index contributed by atoms with van der Waals surface area (Å²) < 4.78 is 19.4. The highest BCUT2D eigenvalue weighted by molar-refractivity contribution is 6.30. The van der Waals surface area contributed by atoms with E-state index in [0.717, 1.165) is 5.56 Å². The second-order valence-corrected chi connectivity index (χ2v) is 5.13. The van der Waals surface area contributed by atoms with Gasteiger partial charge in [0.05, 0.1) is 11.1 Å². The van der Waals surface area contributed by atoms with Crippen LogP contribution >= 0.6 is 11.6 Å². The van der Waals surface area contributed by atoms with Gasteiger partial charge < -0.3 is 9.84 Å². The quantitative estimate of drug-likeness (QED) is 0.904. The summed E-state index contributed by atoms with van der Waals surface area (Å²) in [6.45, 7) is 3.66. The zero-order valence-corrected chi connectivity index (χ0v) is 12.1. The van der Waals surface area contributed by atoms with Crippen LogP contribution in [0.4, 0.5) is 4.39 Å². The molecular weight excluding hydrogens is 279 g/mol. The number of benzene rings is 2. The van der Waals surface area contributed by atoms with E-state index in [4.69, 9.17) is 16.3 Å². The average molecular weight is 295 g/mol. The summed E-state index contributed by atoms with van der Waals surface area (Å²) in [4.78, 5) is 0. The average Bonchev–Trinajstić information content (AvgIpc) is 2.40. The minimum absolute atomic E-state index is 0.0650. The Morgan fingerprint density at radius 3 is 2.75 bits per heavy atom. The van der Waals surface area contributed by atoms with Crippen molar-refractivity contribution in [2.45, 2.75) is 26.6 Å². The number of rotatable bonds is 4. The highest BCUT2D eigenvalue weighted by Gasteiger charge is 2.11. The molecule has 0 saturated carbocycles. The van der Waals surface area contributed by atoms with Crippen LogP contribution in [0.3, 0.4) is 0 Å². The van der Waals surface area contributed by atoms with Crippen LogP contribution in [0.2, 0.25) is 5.02 Å². The molecule has 0 amide bonds. The van der Waals surface area contributed by atoms with Crippen LogP contribution in [0.15, 0.2) is 36.4 Å². The monoisotopic (exact) mass is 294 g/mol. The van der Waals surface area contributed by atoms with Gasteiger partial charge in [-0.15, -0.1) is 0 Å². The Bertz CT molecular complexity index is 611. The summed E-state index contributed by atoms with van der Waals surface area (Å²) in [6, 6.07) is 10.3. The molecule has 1 unspecified atom stereocenters. The molecule has 2 nitrogen and oxygen atoms in total. The third kappa shape index (κ3) is 3.30. The summed E-state index contributed by atoms with van der Waals surface area (Å²) in [5.41, 5.74) is 2.07. The van der Waals surface area contributed by atoms with Crippen molar-refractivity contribution >= 4 is 11.6 Å². The number of halogens is 2. The molecule has 0 bridgehead atoms. The molecular formula is C16H16ClFO2. The van der Waals surface area contributed by atoms with Crippen molar-refractivity contribution in [2.75, 3.05) is 0 Å². The molecule has 2 rings (SSSR count). The number of ether oxygens (including phenoxy) is 1. The Morgan fingerprint density at radius 2 is 2.05 bits per heavy atom. The van der Waals surface area contributed by atoms with Gasteiger partial charge in [-0.25, -0.2) is 4.39 Å². The first kappa shape index (κ1) is 14.8. The highest BCUT2D eigenvalue weighted by Crippen LogP contribution is 2.28. The lowest BCUT2D eigenvalue weighted by Crippen LogP contribution is -2.03. The molecule has 0 aliphatic rings. The van der Waals surface area contributed by atoms with Gasteiger partial charge in [-0.2, -0.15) is 0 Å². The highest BCUT2D eigenvalue weighted by atomic mass is 35.5. The number of aliphatic hydroxyl groups is 1. The standard InChI is InChI=1S/C16H16ClFO2/c1-10-6-7-13(11(2)19)15(8-10)20-9-12-4-3-5-14(17)16(12)18/h3-8,11,19H,9H2,1-2H3. The molecule has 106 valence electrons. The second-order valence-electron chi connectivity index (χ2n) is 4.72. The number of hydrogen-bond acceptors (Lipinski definition) is 2. The van der Waals surface area contributed by atoms with Gasteiger partial charge in [0.25, 0.3) is 0 Å². The Labute approximate surface area is 122 Å². The lowest BCUT2D eigenvalue weighted by molar-refractivity contribution is 0.190. The maximum atomic E-state index is 13.8. The maximum Gasteiger partial charge on any atom is 0.148 e. The smallest absolute Gasteiger partial charge is 0.148 e. The fraction of sp³-hybridized carbons (Fsp3) is 0.250. The van der Waals surface area contributed by atoms with Gasteiger partial charge in [0.2, 0.25) is 0 Å². The van der Waals surface area contributed by atoms with Gasteiger partial charge in [-0.3, -0.25) is 0 Å². The molecule has 0 spiro atoms. The van der Waals surface area contributed by atoms with Crippen molar-refractivity contribution in [2.24, 2.45) is 0 Å². The minimum atomic E-state index is -0.644. The van der Waals surface area contributed by atoms with Crippen molar-refractivity contribution in [1.82, 2.24) is 0 Å². The van der Waals surface area contributed by atoms with Crippen LogP contribution in [0, 0.1) is 12.7 Å². The molecule has 0 radical (unpaired) electrons. The Morgan fingerprint density at radius 1 is 1.30 bits per heavy atom. The fourth-order valence-corrected chi connectivity index (χ4v) is 2.12. The van der Waals surface area contributed by atoms with Gasteiger partial charge in [-0.05, 0) is 31.5 Å². The molecule has 0 aliphatic heterocycles. The van der Waals surface area contributed by atoms with Crippen LogP contribution in [0.1, 0.15) is 29.7 Å². The van der Waals surface area contributed by atoms with E-state index in [9.17, 15) is 9.50 Å². The third-order valence-corrected chi connectivity index (χ3v) is 3.33. The van der Waals surface area contributed by atoms with Gasteiger partial charge in [0.15, 0.2) is 0 Å². The maximum absolute atomic E-state index is 13.8. The molecule has 0 heterocycles. The van der Waals surface area contributed by atoms with Crippen LogP contribution in [0.5, 0.6) is 5.75 Å². The minimum Gasteiger partial charge on any atom is -0.488 e. The summed E-state index contributed by atoms with van der Waals surface area (Å²) in [7, 11) is 0. The predicted molar refractivity (Wildman–Crippen MR) is 77.6 cm³/mol. The molecule has 1 atom stereocenters. The molecule has 0 aromatic heterocycles. The number of aryl methyl sites for hydroxylation is 1. The second kappa shape index (κ2) is 6.25. The van der Waals surface area contributed by atoms with E-state index in [1.165, 1.54) is 6.07 Å². The van der Waals surface area contributed by atoms with Crippen molar-refractivity contribution in [1.29, 1.82) is 0 Å². The zero-order valence-electron chi connectivity index (χ0n) is 11.4.